The van der Waals surface area contributed by atoms with Crippen LogP contribution in [0.4, 0.5) is 5.82 Å². The number of carbonyl (C=O) groups excluding carboxylic acids is 1. The first-order chi connectivity index (χ1) is 8.74. The van der Waals surface area contributed by atoms with Crippen molar-refractivity contribution in [3.05, 3.63) is 12.4 Å². The Kier molecular flexibility index (Phi) is 3.96. The van der Waals surface area contributed by atoms with Gasteiger partial charge in [0.2, 0.25) is 5.91 Å². The molecule has 1 amide bonds. The molecule has 0 spiro atoms. The van der Waals surface area contributed by atoms with Gasteiger partial charge in [0.1, 0.15) is 0 Å². The number of hydrogen-bond acceptors (Lipinski definition) is 5. The van der Waals surface area contributed by atoms with Crippen LogP contribution in [0.2, 0.25) is 0 Å². The Morgan fingerprint density at radius 1 is 1.50 bits per heavy atom. The molecule has 98 valence electrons. The van der Waals surface area contributed by atoms with Gasteiger partial charge < -0.3 is 15.0 Å². The highest BCUT2D eigenvalue weighted by Crippen LogP contribution is 2.21. The fourth-order valence-corrected chi connectivity index (χ4v) is 2.12. The smallest absolute Gasteiger partial charge is 0.257 e. The zero-order valence-electron chi connectivity index (χ0n) is 10.7. The van der Waals surface area contributed by atoms with E-state index in [0.29, 0.717) is 24.7 Å². The third-order valence-corrected chi connectivity index (χ3v) is 2.91. The van der Waals surface area contributed by atoms with Crippen molar-refractivity contribution in [3.63, 3.8) is 0 Å². The molecule has 1 fully saturated rings. The van der Waals surface area contributed by atoms with Crippen molar-refractivity contribution in [2.24, 2.45) is 0 Å². The van der Waals surface area contributed by atoms with Crippen LogP contribution in [0.1, 0.15) is 19.8 Å². The van der Waals surface area contributed by atoms with Crippen LogP contribution in [0.15, 0.2) is 12.4 Å². The highest BCUT2D eigenvalue weighted by atomic mass is 16.5. The van der Waals surface area contributed by atoms with Crippen molar-refractivity contribution in [1.82, 2.24) is 14.9 Å². The summed E-state index contributed by atoms with van der Waals surface area (Å²) >= 11 is 0. The molecule has 1 aliphatic rings. The molecule has 1 N–H and O–H groups in total. The SMILES string of the molecule is CCCN1CC(Nc2nccnc2OC)CC1=O. The molecule has 0 bridgehead atoms. The number of aromatic nitrogens is 2. The van der Waals surface area contributed by atoms with Crippen molar-refractivity contribution >= 4 is 11.7 Å². The fourth-order valence-electron chi connectivity index (χ4n) is 2.12. The van der Waals surface area contributed by atoms with E-state index in [1.54, 1.807) is 19.5 Å². The summed E-state index contributed by atoms with van der Waals surface area (Å²) in [6.07, 6.45) is 4.66. The lowest BCUT2D eigenvalue weighted by Gasteiger charge is -2.16. The molecular formula is C12H18N4O2. The number of ether oxygens (including phenoxy) is 1. The van der Waals surface area contributed by atoms with Crippen molar-refractivity contribution in [1.29, 1.82) is 0 Å². The average Bonchev–Trinajstić information content (AvgIpc) is 2.71. The second kappa shape index (κ2) is 5.66. The number of anilines is 1. The predicted molar refractivity (Wildman–Crippen MR) is 67.5 cm³/mol. The van der Waals surface area contributed by atoms with Crippen LogP contribution in [-0.2, 0) is 4.79 Å². The first-order valence-corrected chi connectivity index (χ1v) is 6.14. The van der Waals surface area contributed by atoms with Gasteiger partial charge in [-0.2, -0.15) is 0 Å². The summed E-state index contributed by atoms with van der Waals surface area (Å²) in [4.78, 5) is 21.9. The molecule has 0 aliphatic carbocycles. The summed E-state index contributed by atoms with van der Waals surface area (Å²) in [6.45, 7) is 3.60. The van der Waals surface area contributed by atoms with Crippen LogP contribution in [0.25, 0.3) is 0 Å². The largest absolute Gasteiger partial charge is 0.478 e. The number of likely N-dealkylation sites (tertiary alicyclic amines) is 1. The molecule has 1 aliphatic heterocycles. The average molecular weight is 250 g/mol. The van der Waals surface area contributed by atoms with E-state index < -0.39 is 0 Å². The molecule has 6 heteroatoms. The number of rotatable bonds is 5. The van der Waals surface area contributed by atoms with Crippen LogP contribution >= 0.6 is 0 Å². The van der Waals surface area contributed by atoms with E-state index in [2.05, 4.69) is 22.2 Å². The Labute approximate surface area is 106 Å². The molecule has 2 heterocycles. The second-order valence-electron chi connectivity index (χ2n) is 4.30. The molecule has 0 saturated carbocycles. The molecule has 1 aromatic heterocycles. The highest BCUT2D eigenvalue weighted by molar-refractivity contribution is 5.80. The van der Waals surface area contributed by atoms with E-state index >= 15 is 0 Å². The quantitative estimate of drug-likeness (QED) is 0.841. The van der Waals surface area contributed by atoms with E-state index in [4.69, 9.17) is 4.74 Å². The van der Waals surface area contributed by atoms with Gasteiger partial charge in [-0.15, -0.1) is 0 Å². The van der Waals surface area contributed by atoms with Crippen LogP contribution in [0.5, 0.6) is 5.88 Å². The molecular weight excluding hydrogens is 232 g/mol. The van der Waals surface area contributed by atoms with Crippen molar-refractivity contribution in [3.8, 4) is 5.88 Å². The number of hydrogen-bond donors (Lipinski definition) is 1. The maximum absolute atomic E-state index is 11.7. The van der Waals surface area contributed by atoms with Gasteiger partial charge in [-0.05, 0) is 6.42 Å². The molecule has 1 unspecified atom stereocenters. The molecule has 1 atom stereocenters. The third kappa shape index (κ3) is 2.69. The minimum atomic E-state index is 0.0784. The van der Waals surface area contributed by atoms with E-state index in [9.17, 15) is 4.79 Å². The Balaban J connectivity index is 2.00. The van der Waals surface area contributed by atoms with Gasteiger partial charge in [0.15, 0.2) is 5.82 Å². The minimum Gasteiger partial charge on any atom is -0.478 e. The standard InChI is InChI=1S/C12H18N4O2/c1-3-6-16-8-9(7-10(16)17)15-11-12(18-2)14-5-4-13-11/h4-5,9H,3,6-8H2,1-2H3,(H,13,15). The van der Waals surface area contributed by atoms with Gasteiger partial charge in [-0.3, -0.25) is 4.79 Å². The topological polar surface area (TPSA) is 67.3 Å². The van der Waals surface area contributed by atoms with Gasteiger partial charge >= 0.3 is 0 Å². The minimum absolute atomic E-state index is 0.0784. The maximum atomic E-state index is 11.7. The van der Waals surface area contributed by atoms with Crippen LogP contribution < -0.4 is 10.1 Å². The summed E-state index contributed by atoms with van der Waals surface area (Å²) in [5.41, 5.74) is 0. The number of nitrogens with zero attached hydrogens (tertiary/aromatic N) is 3. The fraction of sp³-hybridized carbons (Fsp3) is 0.583. The third-order valence-electron chi connectivity index (χ3n) is 2.91. The van der Waals surface area contributed by atoms with Gasteiger partial charge in [0, 0.05) is 31.9 Å². The Hall–Kier alpha value is -1.85. The summed E-state index contributed by atoms with van der Waals surface area (Å²) in [6, 6.07) is 0.0784. The zero-order valence-corrected chi connectivity index (χ0v) is 10.7. The van der Waals surface area contributed by atoms with E-state index in [1.807, 2.05) is 4.90 Å². The molecule has 1 saturated heterocycles. The molecule has 0 aromatic carbocycles. The lowest BCUT2D eigenvalue weighted by Crippen LogP contribution is -2.28. The predicted octanol–water partition coefficient (Wildman–Crippen LogP) is 0.908. The molecule has 18 heavy (non-hydrogen) atoms. The van der Waals surface area contributed by atoms with Crippen LogP contribution in [-0.4, -0.2) is 47.0 Å². The van der Waals surface area contributed by atoms with Gasteiger partial charge in [-0.1, -0.05) is 6.92 Å². The molecule has 6 nitrogen and oxygen atoms in total. The van der Waals surface area contributed by atoms with Gasteiger partial charge in [0.05, 0.1) is 13.2 Å². The molecule has 0 radical (unpaired) electrons. The first kappa shape index (κ1) is 12.6. The number of amides is 1. The lowest BCUT2D eigenvalue weighted by molar-refractivity contribution is -0.127. The molecule has 2 rings (SSSR count). The number of methoxy groups -OCH3 is 1. The number of carbonyl (C=O) groups is 1. The van der Waals surface area contributed by atoms with Crippen molar-refractivity contribution in [2.75, 3.05) is 25.5 Å². The summed E-state index contributed by atoms with van der Waals surface area (Å²) in [5.74, 6) is 1.24. The lowest BCUT2D eigenvalue weighted by atomic mass is 10.2. The summed E-state index contributed by atoms with van der Waals surface area (Å²) in [7, 11) is 1.55. The van der Waals surface area contributed by atoms with Gasteiger partial charge in [0.25, 0.3) is 5.88 Å². The zero-order chi connectivity index (χ0) is 13.0. The second-order valence-corrected chi connectivity index (χ2v) is 4.30. The Bertz CT molecular complexity index is 424. The normalized spacial score (nSPS) is 19.1. The van der Waals surface area contributed by atoms with Crippen LogP contribution in [0, 0.1) is 0 Å². The van der Waals surface area contributed by atoms with Gasteiger partial charge in [-0.25, -0.2) is 9.97 Å². The van der Waals surface area contributed by atoms with E-state index in [-0.39, 0.29) is 11.9 Å². The Morgan fingerprint density at radius 2 is 2.28 bits per heavy atom. The van der Waals surface area contributed by atoms with Crippen molar-refractivity contribution in [2.45, 2.75) is 25.8 Å². The van der Waals surface area contributed by atoms with Crippen LogP contribution in [0.3, 0.4) is 0 Å². The first-order valence-electron chi connectivity index (χ1n) is 6.14. The summed E-state index contributed by atoms with van der Waals surface area (Å²) in [5, 5.41) is 3.22. The Morgan fingerprint density at radius 3 is 3.00 bits per heavy atom. The van der Waals surface area contributed by atoms with E-state index in [0.717, 1.165) is 13.0 Å². The maximum Gasteiger partial charge on any atom is 0.257 e. The summed E-state index contributed by atoms with van der Waals surface area (Å²) < 4.78 is 5.12. The highest BCUT2D eigenvalue weighted by Gasteiger charge is 2.29. The monoisotopic (exact) mass is 250 g/mol. The molecule has 1 aromatic rings. The van der Waals surface area contributed by atoms with Crippen molar-refractivity contribution < 1.29 is 9.53 Å². The van der Waals surface area contributed by atoms with E-state index in [1.165, 1.54) is 0 Å². The number of nitrogens with one attached hydrogen (secondary N) is 1.